The zero-order valence-electron chi connectivity index (χ0n) is 14.3. The van der Waals surface area contributed by atoms with Crippen molar-refractivity contribution in [3.63, 3.8) is 0 Å². The smallest absolute Gasteiger partial charge is 0.241 e. The van der Waals surface area contributed by atoms with Crippen LogP contribution in [0.4, 0.5) is 5.69 Å². The topological polar surface area (TPSA) is 58.6 Å². The lowest BCUT2D eigenvalue weighted by Gasteiger charge is -2.31. The highest BCUT2D eigenvalue weighted by atomic mass is 16.5. The predicted octanol–water partition coefficient (Wildman–Crippen LogP) is 2.58. The van der Waals surface area contributed by atoms with Crippen molar-refractivity contribution >= 4 is 17.4 Å². The molecule has 1 aliphatic rings. The summed E-state index contributed by atoms with van der Waals surface area (Å²) in [6.07, 6.45) is 0. The van der Waals surface area contributed by atoms with E-state index >= 15 is 0 Å². The highest BCUT2D eigenvalue weighted by Crippen LogP contribution is 2.20. The number of benzene rings is 2. The summed E-state index contributed by atoms with van der Waals surface area (Å²) >= 11 is 0. The number of hydrogen-bond acceptors (Lipinski definition) is 4. The number of nitrogens with zero attached hydrogens (tertiary/aromatic N) is 1. The largest absolute Gasteiger partial charge is 0.379 e. The van der Waals surface area contributed by atoms with Gasteiger partial charge in [0.05, 0.1) is 24.9 Å². The molecule has 130 valence electrons. The zero-order valence-corrected chi connectivity index (χ0v) is 14.3. The van der Waals surface area contributed by atoms with E-state index in [-0.39, 0.29) is 17.7 Å². The van der Waals surface area contributed by atoms with Crippen molar-refractivity contribution in [2.24, 2.45) is 0 Å². The lowest BCUT2D eigenvalue weighted by molar-refractivity contribution is -0.122. The van der Waals surface area contributed by atoms with Gasteiger partial charge in [-0.2, -0.15) is 0 Å². The Bertz CT molecular complexity index is 740. The van der Waals surface area contributed by atoms with Crippen molar-refractivity contribution < 1.29 is 14.3 Å². The van der Waals surface area contributed by atoms with E-state index in [1.54, 1.807) is 30.3 Å². The quantitative estimate of drug-likeness (QED) is 0.852. The van der Waals surface area contributed by atoms with Crippen LogP contribution < -0.4 is 5.32 Å². The molecular formula is C20H22N2O3. The average Bonchev–Trinajstić information content (AvgIpc) is 2.68. The van der Waals surface area contributed by atoms with Crippen molar-refractivity contribution in [1.29, 1.82) is 0 Å². The van der Waals surface area contributed by atoms with Crippen molar-refractivity contribution in [2.75, 3.05) is 31.6 Å². The van der Waals surface area contributed by atoms with E-state index in [1.165, 1.54) is 0 Å². The Morgan fingerprint density at radius 3 is 2.36 bits per heavy atom. The molecule has 1 heterocycles. The molecule has 0 spiro atoms. The summed E-state index contributed by atoms with van der Waals surface area (Å²) in [6, 6.07) is 15.9. The second kappa shape index (κ2) is 8.05. The third-order valence-electron chi connectivity index (χ3n) is 4.44. The standard InChI is InChI=1S/C20H22N2O3/c1-15(22-11-13-25-14-12-22)20(24)21-18-10-6-5-9-17(18)19(23)16-7-3-2-4-8-16/h2-10,15H,11-14H2,1H3,(H,21,24). The van der Waals surface area contributed by atoms with Gasteiger partial charge in [-0.25, -0.2) is 0 Å². The molecule has 2 aromatic rings. The van der Waals surface area contributed by atoms with Gasteiger partial charge in [0.1, 0.15) is 0 Å². The number of amides is 1. The van der Waals surface area contributed by atoms with Gasteiger partial charge < -0.3 is 10.1 Å². The minimum atomic E-state index is -0.274. The van der Waals surface area contributed by atoms with Crippen LogP contribution in [0.2, 0.25) is 0 Å². The number of ether oxygens (including phenoxy) is 1. The fourth-order valence-corrected chi connectivity index (χ4v) is 2.90. The van der Waals surface area contributed by atoms with Gasteiger partial charge in [0, 0.05) is 24.2 Å². The average molecular weight is 338 g/mol. The minimum absolute atomic E-state index is 0.101. The van der Waals surface area contributed by atoms with Crippen LogP contribution in [0.25, 0.3) is 0 Å². The molecular weight excluding hydrogens is 316 g/mol. The van der Waals surface area contributed by atoms with Gasteiger partial charge >= 0.3 is 0 Å². The molecule has 25 heavy (non-hydrogen) atoms. The Labute approximate surface area is 147 Å². The first kappa shape index (κ1) is 17.3. The molecule has 3 rings (SSSR count). The monoisotopic (exact) mass is 338 g/mol. The van der Waals surface area contributed by atoms with Crippen LogP contribution in [0.1, 0.15) is 22.8 Å². The Balaban J connectivity index is 1.76. The van der Waals surface area contributed by atoms with E-state index < -0.39 is 0 Å². The molecule has 0 bridgehead atoms. The van der Waals surface area contributed by atoms with Crippen LogP contribution in [0, 0.1) is 0 Å². The molecule has 1 fully saturated rings. The molecule has 1 unspecified atom stereocenters. The van der Waals surface area contributed by atoms with Crippen LogP contribution in [0.15, 0.2) is 54.6 Å². The summed E-state index contributed by atoms with van der Waals surface area (Å²) in [4.78, 5) is 27.4. The number of carbonyl (C=O) groups excluding carboxylic acids is 2. The van der Waals surface area contributed by atoms with Crippen LogP contribution in [-0.2, 0) is 9.53 Å². The summed E-state index contributed by atoms with van der Waals surface area (Å²) in [7, 11) is 0. The first-order valence-electron chi connectivity index (χ1n) is 8.48. The lowest BCUT2D eigenvalue weighted by Crippen LogP contribution is -2.47. The normalized spacial score (nSPS) is 16.2. The molecule has 5 nitrogen and oxygen atoms in total. The number of rotatable bonds is 5. The Morgan fingerprint density at radius 1 is 1.00 bits per heavy atom. The van der Waals surface area contributed by atoms with Crippen LogP contribution in [0.3, 0.4) is 0 Å². The molecule has 1 amide bonds. The first-order chi connectivity index (χ1) is 12.2. The summed E-state index contributed by atoms with van der Waals surface area (Å²) in [6.45, 7) is 4.63. The second-order valence-corrected chi connectivity index (χ2v) is 6.05. The third kappa shape index (κ3) is 4.13. The fourth-order valence-electron chi connectivity index (χ4n) is 2.90. The van der Waals surface area contributed by atoms with Gasteiger partial charge in [-0.3, -0.25) is 14.5 Å². The van der Waals surface area contributed by atoms with Crippen LogP contribution in [-0.4, -0.2) is 48.9 Å². The third-order valence-corrected chi connectivity index (χ3v) is 4.44. The predicted molar refractivity (Wildman–Crippen MR) is 96.8 cm³/mol. The second-order valence-electron chi connectivity index (χ2n) is 6.05. The van der Waals surface area contributed by atoms with E-state index in [1.807, 2.05) is 31.2 Å². The maximum Gasteiger partial charge on any atom is 0.241 e. The van der Waals surface area contributed by atoms with E-state index in [4.69, 9.17) is 4.74 Å². The highest BCUT2D eigenvalue weighted by Gasteiger charge is 2.24. The maximum absolute atomic E-state index is 12.7. The lowest BCUT2D eigenvalue weighted by atomic mass is 10.0. The molecule has 0 aliphatic carbocycles. The summed E-state index contributed by atoms with van der Waals surface area (Å²) in [5.74, 6) is -0.217. The molecule has 1 atom stereocenters. The Hall–Kier alpha value is -2.50. The van der Waals surface area contributed by atoms with E-state index in [9.17, 15) is 9.59 Å². The van der Waals surface area contributed by atoms with Gasteiger partial charge in [0.2, 0.25) is 5.91 Å². The van der Waals surface area contributed by atoms with Crippen molar-refractivity contribution in [3.8, 4) is 0 Å². The number of nitrogens with one attached hydrogen (secondary N) is 1. The van der Waals surface area contributed by atoms with E-state index in [2.05, 4.69) is 10.2 Å². The SMILES string of the molecule is CC(C(=O)Nc1ccccc1C(=O)c1ccccc1)N1CCOCC1. The summed E-state index contributed by atoms with van der Waals surface area (Å²) < 4.78 is 5.33. The van der Waals surface area contributed by atoms with E-state index in [0.29, 0.717) is 30.0 Å². The fraction of sp³-hybridized carbons (Fsp3) is 0.300. The minimum Gasteiger partial charge on any atom is -0.379 e. The molecule has 0 aromatic heterocycles. The Kier molecular flexibility index (Phi) is 5.58. The molecule has 1 aliphatic heterocycles. The number of ketones is 1. The highest BCUT2D eigenvalue weighted by molar-refractivity contribution is 6.14. The molecule has 1 N–H and O–H groups in total. The van der Waals surface area contributed by atoms with E-state index in [0.717, 1.165) is 13.1 Å². The Morgan fingerprint density at radius 2 is 1.64 bits per heavy atom. The number of anilines is 1. The molecule has 1 saturated heterocycles. The van der Waals surface area contributed by atoms with Crippen LogP contribution >= 0.6 is 0 Å². The van der Waals surface area contributed by atoms with Gasteiger partial charge in [-0.05, 0) is 19.1 Å². The van der Waals surface area contributed by atoms with Crippen LogP contribution in [0.5, 0.6) is 0 Å². The van der Waals surface area contributed by atoms with Crippen molar-refractivity contribution in [3.05, 3.63) is 65.7 Å². The maximum atomic E-state index is 12.7. The van der Waals surface area contributed by atoms with Gasteiger partial charge in [0.25, 0.3) is 0 Å². The summed E-state index contributed by atoms with van der Waals surface area (Å²) in [5, 5.41) is 2.92. The number of morpholine rings is 1. The first-order valence-corrected chi connectivity index (χ1v) is 8.48. The number of hydrogen-bond donors (Lipinski definition) is 1. The molecule has 0 radical (unpaired) electrons. The van der Waals surface area contributed by atoms with Gasteiger partial charge in [0.15, 0.2) is 5.78 Å². The van der Waals surface area contributed by atoms with Gasteiger partial charge in [-0.15, -0.1) is 0 Å². The molecule has 2 aromatic carbocycles. The number of carbonyl (C=O) groups is 2. The van der Waals surface area contributed by atoms with Crippen molar-refractivity contribution in [1.82, 2.24) is 4.90 Å². The molecule has 0 saturated carbocycles. The zero-order chi connectivity index (χ0) is 17.6. The summed E-state index contributed by atoms with van der Waals surface area (Å²) in [5.41, 5.74) is 1.64. The van der Waals surface area contributed by atoms with Gasteiger partial charge in [-0.1, -0.05) is 42.5 Å². The van der Waals surface area contributed by atoms with Crippen molar-refractivity contribution in [2.45, 2.75) is 13.0 Å². The number of para-hydroxylation sites is 1. The molecule has 5 heteroatoms.